The highest BCUT2D eigenvalue weighted by atomic mass is 19.1. The first kappa shape index (κ1) is 21.8. The molecule has 0 saturated carbocycles. The zero-order chi connectivity index (χ0) is 24.8. The van der Waals surface area contributed by atoms with Gasteiger partial charge in [-0.3, -0.25) is 20.0 Å². The van der Waals surface area contributed by atoms with Crippen LogP contribution >= 0.6 is 0 Å². The summed E-state index contributed by atoms with van der Waals surface area (Å²) in [6.45, 7) is 3.21. The number of aromatic nitrogens is 6. The van der Waals surface area contributed by atoms with Crippen molar-refractivity contribution in [2.45, 2.75) is 19.4 Å². The van der Waals surface area contributed by atoms with Crippen LogP contribution in [0.4, 0.5) is 4.39 Å². The van der Waals surface area contributed by atoms with E-state index in [1.54, 1.807) is 24.5 Å². The van der Waals surface area contributed by atoms with Gasteiger partial charge in [0.15, 0.2) is 0 Å². The third-order valence-corrected chi connectivity index (χ3v) is 7.06. The molecule has 1 fully saturated rings. The summed E-state index contributed by atoms with van der Waals surface area (Å²) in [7, 11) is 0. The van der Waals surface area contributed by atoms with Gasteiger partial charge >= 0.3 is 0 Å². The molecular weight excluding hydrogens is 465 g/mol. The lowest BCUT2D eigenvalue weighted by Crippen LogP contribution is -2.18. The summed E-state index contributed by atoms with van der Waals surface area (Å²) in [6.07, 6.45) is 9.94. The molecule has 0 atom stereocenters. The Morgan fingerprint density at radius 1 is 0.838 bits per heavy atom. The van der Waals surface area contributed by atoms with E-state index >= 15 is 0 Å². The highest BCUT2D eigenvalue weighted by molar-refractivity contribution is 6.00. The molecule has 6 aromatic rings. The van der Waals surface area contributed by atoms with Crippen molar-refractivity contribution in [2.75, 3.05) is 13.1 Å². The number of nitrogens with one attached hydrogen (secondary N) is 2. The molecule has 0 unspecified atom stereocenters. The predicted octanol–water partition coefficient (Wildman–Crippen LogP) is 5.97. The Balaban J connectivity index is 1.27. The van der Waals surface area contributed by atoms with E-state index in [0.717, 1.165) is 75.3 Å². The van der Waals surface area contributed by atoms with Crippen molar-refractivity contribution >= 4 is 21.9 Å². The predicted molar refractivity (Wildman–Crippen MR) is 142 cm³/mol. The van der Waals surface area contributed by atoms with Crippen LogP contribution in [0.2, 0.25) is 0 Å². The van der Waals surface area contributed by atoms with E-state index in [0.29, 0.717) is 0 Å². The molecule has 5 aromatic heterocycles. The monoisotopic (exact) mass is 489 g/mol. The van der Waals surface area contributed by atoms with Crippen LogP contribution in [-0.4, -0.2) is 48.1 Å². The van der Waals surface area contributed by atoms with Crippen molar-refractivity contribution in [3.63, 3.8) is 0 Å². The lowest BCUT2D eigenvalue weighted by molar-refractivity contribution is 0.331. The van der Waals surface area contributed by atoms with Crippen molar-refractivity contribution in [2.24, 2.45) is 0 Å². The number of aromatic amines is 2. The lowest BCUT2D eigenvalue weighted by atomic mass is 10.0. The van der Waals surface area contributed by atoms with Crippen LogP contribution in [0.15, 0.2) is 73.3 Å². The van der Waals surface area contributed by atoms with Gasteiger partial charge in [0.1, 0.15) is 17.0 Å². The third kappa shape index (κ3) is 4.05. The largest absolute Gasteiger partial charge is 0.352 e. The Labute approximate surface area is 212 Å². The Morgan fingerprint density at radius 3 is 2.54 bits per heavy atom. The molecular formula is C29H24FN7. The molecule has 182 valence electrons. The number of rotatable bonds is 5. The van der Waals surface area contributed by atoms with Gasteiger partial charge in [-0.25, -0.2) is 9.37 Å². The number of hydrogen-bond donors (Lipinski definition) is 2. The molecule has 2 N–H and O–H groups in total. The maximum absolute atomic E-state index is 13.5. The second-order valence-corrected chi connectivity index (χ2v) is 9.57. The average molecular weight is 490 g/mol. The van der Waals surface area contributed by atoms with Gasteiger partial charge < -0.3 is 4.98 Å². The highest BCUT2D eigenvalue weighted by Crippen LogP contribution is 2.33. The molecule has 1 aliphatic heterocycles. The van der Waals surface area contributed by atoms with Gasteiger partial charge in [0, 0.05) is 41.6 Å². The molecule has 7 nitrogen and oxygen atoms in total. The second kappa shape index (κ2) is 8.90. The molecule has 0 aliphatic carbocycles. The summed E-state index contributed by atoms with van der Waals surface area (Å²) in [5.41, 5.74) is 8.96. The fraction of sp³-hybridized carbons (Fsp3) is 0.172. The molecule has 0 spiro atoms. The van der Waals surface area contributed by atoms with Gasteiger partial charge in [-0.2, -0.15) is 5.10 Å². The minimum atomic E-state index is -0.264. The normalized spacial score (nSPS) is 14.2. The van der Waals surface area contributed by atoms with Crippen LogP contribution in [-0.2, 0) is 6.54 Å². The van der Waals surface area contributed by atoms with E-state index in [1.165, 1.54) is 30.5 Å². The number of halogens is 1. The Kier molecular flexibility index (Phi) is 5.25. The van der Waals surface area contributed by atoms with Gasteiger partial charge in [0.05, 0.1) is 28.6 Å². The van der Waals surface area contributed by atoms with Crippen molar-refractivity contribution in [1.82, 2.24) is 35.0 Å². The van der Waals surface area contributed by atoms with Crippen molar-refractivity contribution in [1.29, 1.82) is 0 Å². The number of hydrogen-bond acceptors (Lipinski definition) is 5. The van der Waals surface area contributed by atoms with Crippen LogP contribution in [0.3, 0.4) is 0 Å². The first-order chi connectivity index (χ1) is 18.2. The molecule has 37 heavy (non-hydrogen) atoms. The van der Waals surface area contributed by atoms with Crippen molar-refractivity contribution < 1.29 is 4.39 Å². The second-order valence-electron chi connectivity index (χ2n) is 9.57. The molecule has 6 heterocycles. The van der Waals surface area contributed by atoms with E-state index in [-0.39, 0.29) is 5.82 Å². The minimum absolute atomic E-state index is 0.264. The molecule has 1 aromatic carbocycles. The molecule has 8 heteroatoms. The minimum Gasteiger partial charge on any atom is -0.352 e. The van der Waals surface area contributed by atoms with Gasteiger partial charge in [-0.15, -0.1) is 0 Å². The van der Waals surface area contributed by atoms with Crippen LogP contribution in [0.25, 0.3) is 55.7 Å². The first-order valence-electron chi connectivity index (χ1n) is 12.5. The van der Waals surface area contributed by atoms with E-state index in [1.807, 2.05) is 24.5 Å². The van der Waals surface area contributed by atoms with Crippen molar-refractivity contribution in [3.05, 3.63) is 84.7 Å². The number of fused-ring (bicyclic) bond motifs is 2. The van der Waals surface area contributed by atoms with Crippen LogP contribution in [0.5, 0.6) is 0 Å². The topological polar surface area (TPSA) is 86.4 Å². The average Bonchev–Trinajstić information content (AvgIpc) is 3.68. The van der Waals surface area contributed by atoms with E-state index in [4.69, 9.17) is 4.98 Å². The zero-order valence-corrected chi connectivity index (χ0v) is 20.1. The van der Waals surface area contributed by atoms with E-state index in [9.17, 15) is 4.39 Å². The van der Waals surface area contributed by atoms with Crippen LogP contribution in [0.1, 0.15) is 18.4 Å². The smallest absolute Gasteiger partial charge is 0.135 e. The SMILES string of the molecule is Fc1ccc(-c2cncc3[nH]c(-c4n[nH]c5ccc(-c6cncc(CN7CCCC7)c6)nc45)cc23)cc1. The van der Waals surface area contributed by atoms with Gasteiger partial charge in [0.2, 0.25) is 0 Å². The summed E-state index contributed by atoms with van der Waals surface area (Å²) >= 11 is 0. The summed E-state index contributed by atoms with van der Waals surface area (Å²) in [5.74, 6) is -0.264. The Morgan fingerprint density at radius 2 is 1.68 bits per heavy atom. The summed E-state index contributed by atoms with van der Waals surface area (Å²) < 4.78 is 13.5. The molecule has 1 saturated heterocycles. The van der Waals surface area contributed by atoms with E-state index in [2.05, 4.69) is 42.2 Å². The molecule has 7 rings (SSSR count). The summed E-state index contributed by atoms with van der Waals surface area (Å²) in [5, 5.41) is 8.68. The zero-order valence-electron chi connectivity index (χ0n) is 20.1. The Hall–Kier alpha value is -4.43. The van der Waals surface area contributed by atoms with Crippen molar-refractivity contribution in [3.8, 4) is 33.8 Å². The lowest BCUT2D eigenvalue weighted by Gasteiger charge is -2.14. The fourth-order valence-electron chi connectivity index (χ4n) is 5.20. The third-order valence-electron chi connectivity index (χ3n) is 7.06. The molecule has 1 aliphatic rings. The number of pyridine rings is 3. The number of H-pyrrole nitrogens is 2. The number of nitrogens with zero attached hydrogens (tertiary/aromatic N) is 5. The number of likely N-dealkylation sites (tertiary alicyclic amines) is 1. The van der Waals surface area contributed by atoms with Gasteiger partial charge in [0.25, 0.3) is 0 Å². The summed E-state index contributed by atoms with van der Waals surface area (Å²) in [6, 6.07) is 14.7. The van der Waals surface area contributed by atoms with Gasteiger partial charge in [-0.05, 0) is 73.5 Å². The fourth-order valence-corrected chi connectivity index (χ4v) is 5.20. The number of benzene rings is 1. The van der Waals surface area contributed by atoms with Gasteiger partial charge in [-0.1, -0.05) is 12.1 Å². The maximum Gasteiger partial charge on any atom is 0.135 e. The standard InChI is InChI=1S/C29H24FN7/c30-21-5-3-19(4-6-21)23-15-32-16-27-22(23)12-26(33-27)29-28-25(35-36-29)8-7-24(34-28)20-11-18(13-31-14-20)17-37-9-1-2-10-37/h3-8,11-16,33H,1-2,9-10,17H2,(H,35,36). The first-order valence-corrected chi connectivity index (χ1v) is 12.5. The molecule has 0 radical (unpaired) electrons. The highest BCUT2D eigenvalue weighted by Gasteiger charge is 2.17. The molecule has 0 bridgehead atoms. The quantitative estimate of drug-likeness (QED) is 0.312. The molecule has 0 amide bonds. The Bertz CT molecular complexity index is 1730. The maximum atomic E-state index is 13.5. The van der Waals surface area contributed by atoms with Crippen LogP contribution < -0.4 is 0 Å². The van der Waals surface area contributed by atoms with Crippen LogP contribution in [0, 0.1) is 5.82 Å². The summed E-state index contributed by atoms with van der Waals surface area (Å²) in [4.78, 5) is 19.8. The van der Waals surface area contributed by atoms with E-state index < -0.39 is 0 Å².